The molecule has 0 amide bonds. The topological polar surface area (TPSA) is 17.1 Å². The molecule has 0 saturated carbocycles. The zero-order valence-corrected chi connectivity index (χ0v) is 2.21. The van der Waals surface area contributed by atoms with Crippen LogP contribution >= 0.6 is 0 Å². The van der Waals surface area contributed by atoms with Gasteiger partial charge in [-0.1, -0.05) is 0 Å². The molecular weight excluding hydrogens is 83.8 g/mol. The molecule has 1 radical (unpaired) electrons. The number of hydrogen-bond acceptors (Lipinski definition) is 1. The van der Waals surface area contributed by atoms with Crippen LogP contribution in [0.4, 0.5) is 14.1 Å². The average molecular weight is 86.8 g/mol. The molecule has 0 unspecified atom stereocenters. The van der Waals surface area contributed by atoms with Crippen molar-refractivity contribution in [3.05, 3.63) is 0 Å². The maximum atomic E-state index is 7.75. The molecule has 0 spiro atoms. The van der Waals surface area contributed by atoms with E-state index in [-0.39, 0.29) is 14.1 Å². The number of hydrogen-bond donors (Lipinski definition) is 0. The van der Waals surface area contributed by atoms with Gasteiger partial charge in [-0.15, -0.1) is 0 Å². The van der Waals surface area contributed by atoms with Crippen molar-refractivity contribution in [1.29, 1.82) is 0 Å². The molecule has 0 aromatic rings. The molecule has 5 heavy (non-hydrogen) atoms. The van der Waals surface area contributed by atoms with Crippen LogP contribution < -0.4 is 0 Å². The zero-order chi connectivity index (χ0) is 2.00. The second-order valence-electron chi connectivity index (χ2n) is 0. The van der Waals surface area contributed by atoms with Crippen LogP contribution in [0.5, 0.6) is 0 Å². The predicted molar refractivity (Wildman–Crippen MR) is 13.9 cm³/mol. The predicted octanol–water partition coefficient (Wildman–Crippen LogP) is -0.0421. The normalized spacial score (nSPS) is 0.600. The van der Waals surface area contributed by atoms with E-state index in [0.29, 0.717) is 0 Å². The molecule has 0 heterocycles. The van der Waals surface area contributed by atoms with E-state index in [1.807, 2.05) is 0 Å². The molecule has 0 aromatic heterocycles. The fraction of sp³-hybridized carbons (Fsp3) is 0. The van der Waals surface area contributed by atoms with Gasteiger partial charge in [-0.05, 0) is 0 Å². The second-order valence-corrected chi connectivity index (χ2v) is 0. The Morgan fingerprint density at radius 2 is 0.800 bits per heavy atom. The molecule has 0 aliphatic carbocycles. The Labute approximate surface area is 27.9 Å². The van der Waals surface area contributed by atoms with E-state index in [9.17, 15) is 0 Å². The standard InChI is InChI=1S/BO.3FH/c1-2;;;/h;3*1H. The molecular formula is H3BF3O. The summed E-state index contributed by atoms with van der Waals surface area (Å²) in [6, 6.07) is 0. The van der Waals surface area contributed by atoms with Crippen LogP contribution in [0.2, 0.25) is 0 Å². The van der Waals surface area contributed by atoms with Crippen LogP contribution in [0.3, 0.4) is 0 Å². The Morgan fingerprint density at radius 3 is 0.800 bits per heavy atom. The van der Waals surface area contributed by atoms with Crippen LogP contribution in [0.25, 0.3) is 0 Å². The van der Waals surface area contributed by atoms with Gasteiger partial charge in [0.05, 0.1) is 0 Å². The van der Waals surface area contributed by atoms with Gasteiger partial charge in [0, 0.05) is 0 Å². The summed E-state index contributed by atoms with van der Waals surface area (Å²) in [5.74, 6) is 0. The Bertz CT molecular complexity index is 6.85. The van der Waals surface area contributed by atoms with Crippen LogP contribution in [-0.4, -0.2) is 7.72 Å². The molecule has 33 valence electrons. The Morgan fingerprint density at radius 1 is 0.800 bits per heavy atom. The second kappa shape index (κ2) is 216. The third-order valence-corrected chi connectivity index (χ3v) is 0. The van der Waals surface area contributed by atoms with Gasteiger partial charge < -0.3 is 0 Å². The van der Waals surface area contributed by atoms with Gasteiger partial charge in [-0.3, -0.25) is 14.1 Å². The monoisotopic (exact) mass is 87.0 g/mol. The minimum absolute atomic E-state index is 0. The van der Waals surface area contributed by atoms with Crippen LogP contribution in [-0.2, 0) is 4.70 Å². The number of halogens is 3. The first-order chi connectivity index (χ1) is 1.00. The fourth-order valence-electron chi connectivity index (χ4n) is 0. The Kier molecular flexibility index (Phi) is 6270. The molecule has 0 N–H and O–H groups in total. The molecule has 5 heteroatoms. The van der Waals surface area contributed by atoms with E-state index in [2.05, 4.69) is 7.72 Å². The van der Waals surface area contributed by atoms with E-state index in [0.717, 1.165) is 0 Å². The van der Waals surface area contributed by atoms with Gasteiger partial charge in [-0.2, -0.15) is 0 Å². The zero-order valence-electron chi connectivity index (χ0n) is 2.21. The van der Waals surface area contributed by atoms with E-state index in [1.165, 1.54) is 0 Å². The van der Waals surface area contributed by atoms with Crippen molar-refractivity contribution in [3.8, 4) is 0 Å². The van der Waals surface area contributed by atoms with Crippen molar-refractivity contribution in [2.45, 2.75) is 0 Å². The third kappa shape index (κ3) is 84.1. The van der Waals surface area contributed by atoms with Crippen molar-refractivity contribution in [2.75, 3.05) is 0 Å². The Balaban J connectivity index is -0.00000000167. The summed E-state index contributed by atoms with van der Waals surface area (Å²) in [5, 5.41) is 0. The maximum absolute atomic E-state index is 7.75. The molecule has 1 nitrogen and oxygen atoms in total. The molecule has 0 saturated heterocycles. The summed E-state index contributed by atoms with van der Waals surface area (Å²) >= 11 is 0. The molecule has 0 aliphatic rings. The first-order valence-electron chi connectivity index (χ1n) is 0.236. The van der Waals surface area contributed by atoms with Crippen LogP contribution in [0, 0.1) is 0 Å². The van der Waals surface area contributed by atoms with Gasteiger partial charge in [-0.25, -0.2) is 0 Å². The van der Waals surface area contributed by atoms with Crippen molar-refractivity contribution in [1.82, 2.24) is 0 Å². The van der Waals surface area contributed by atoms with Gasteiger partial charge in [0.2, 0.25) is 0 Å². The van der Waals surface area contributed by atoms with Crippen molar-refractivity contribution in [3.63, 3.8) is 0 Å². The summed E-state index contributed by atoms with van der Waals surface area (Å²) in [4.78, 5) is 0. The van der Waals surface area contributed by atoms with Crippen LogP contribution in [0.15, 0.2) is 0 Å². The van der Waals surface area contributed by atoms with Gasteiger partial charge in [0.1, 0.15) is 0 Å². The SMILES string of the molecule is F.F.F.[B]=O. The summed E-state index contributed by atoms with van der Waals surface area (Å²) < 4.78 is 7.75. The summed E-state index contributed by atoms with van der Waals surface area (Å²) in [7, 11) is 3.25. The van der Waals surface area contributed by atoms with E-state index >= 15 is 0 Å². The molecule has 0 fully saturated rings. The molecule has 0 rings (SSSR count). The van der Waals surface area contributed by atoms with Crippen LogP contribution in [0.1, 0.15) is 0 Å². The molecule has 0 atom stereocenters. The molecule has 0 aliphatic heterocycles. The van der Waals surface area contributed by atoms with E-state index in [4.69, 9.17) is 4.70 Å². The summed E-state index contributed by atoms with van der Waals surface area (Å²) in [6.45, 7) is 0. The molecule has 0 aromatic carbocycles. The quantitative estimate of drug-likeness (QED) is 0.378. The summed E-state index contributed by atoms with van der Waals surface area (Å²) in [5.41, 5.74) is 0. The minimum atomic E-state index is 0. The Hall–Kier alpha value is -0.345. The fourth-order valence-corrected chi connectivity index (χ4v) is 0. The average Bonchev–Trinajstić information content (AvgIpc) is 1.00. The summed E-state index contributed by atoms with van der Waals surface area (Å²) in [6.07, 6.45) is 0. The third-order valence-electron chi connectivity index (χ3n) is 0. The van der Waals surface area contributed by atoms with E-state index < -0.39 is 0 Å². The van der Waals surface area contributed by atoms with Gasteiger partial charge >= 0.3 is 12.4 Å². The van der Waals surface area contributed by atoms with Gasteiger partial charge in [0.25, 0.3) is 0 Å². The van der Waals surface area contributed by atoms with Crippen molar-refractivity contribution >= 4 is 7.72 Å². The van der Waals surface area contributed by atoms with Gasteiger partial charge in [0.15, 0.2) is 0 Å². The van der Waals surface area contributed by atoms with Crippen molar-refractivity contribution in [2.24, 2.45) is 0 Å². The first kappa shape index (κ1) is 145. The van der Waals surface area contributed by atoms with Crippen molar-refractivity contribution < 1.29 is 18.8 Å². The molecule has 0 bridgehead atoms. The first-order valence-corrected chi connectivity index (χ1v) is 0.236. The van der Waals surface area contributed by atoms with E-state index in [1.54, 1.807) is 0 Å². The number of rotatable bonds is 0.